The van der Waals surface area contributed by atoms with Gasteiger partial charge in [-0.1, -0.05) is 12.1 Å². The zero-order chi connectivity index (χ0) is 20.4. The number of thiocarbonyl (C=S) groups is 1. The zero-order valence-electron chi connectivity index (χ0n) is 13.7. The van der Waals surface area contributed by atoms with E-state index in [9.17, 15) is 31.9 Å². The fourth-order valence-corrected chi connectivity index (χ4v) is 2.95. The Hall–Kier alpha value is -2.21. The first kappa shape index (κ1) is 21.1. The molecule has 3 N–H and O–H groups in total. The van der Waals surface area contributed by atoms with Crippen molar-refractivity contribution in [2.45, 2.75) is 31.5 Å². The van der Waals surface area contributed by atoms with Crippen LogP contribution in [0.1, 0.15) is 18.5 Å². The molecule has 0 unspecified atom stereocenters. The van der Waals surface area contributed by atoms with Gasteiger partial charge in [-0.2, -0.15) is 22.0 Å². The molecule has 0 amide bonds. The topological polar surface area (TPSA) is 79.8 Å². The van der Waals surface area contributed by atoms with Crippen molar-refractivity contribution in [3.05, 3.63) is 29.8 Å². The van der Waals surface area contributed by atoms with Gasteiger partial charge in [0.05, 0.1) is 12.6 Å². The van der Waals surface area contributed by atoms with E-state index in [1.165, 1.54) is 19.1 Å². The molecule has 3 atom stereocenters. The molecule has 1 aromatic carbocycles. The van der Waals surface area contributed by atoms with E-state index in [1.807, 2.05) is 0 Å². The van der Waals surface area contributed by atoms with Crippen molar-refractivity contribution in [1.29, 1.82) is 0 Å². The van der Waals surface area contributed by atoms with Gasteiger partial charge in [-0.05, 0) is 36.8 Å². The van der Waals surface area contributed by atoms with Gasteiger partial charge in [0, 0.05) is 0 Å². The Bertz CT molecular complexity index is 700. The number of carbonyl (C=O) groups is 1. The number of carbonyl (C=O) groups excluding carboxylic acids is 1. The molecular weight excluding hydrogens is 399 g/mol. The van der Waals surface area contributed by atoms with Gasteiger partial charge in [-0.3, -0.25) is 4.79 Å². The molecular formula is C15H15F5N2O4S. The first-order valence-electron chi connectivity index (χ1n) is 7.58. The third-order valence-electron chi connectivity index (χ3n) is 3.81. The van der Waals surface area contributed by atoms with Gasteiger partial charge in [-0.25, -0.2) is 0 Å². The van der Waals surface area contributed by atoms with E-state index in [0.29, 0.717) is 0 Å². The van der Waals surface area contributed by atoms with Crippen LogP contribution in [0.2, 0.25) is 0 Å². The van der Waals surface area contributed by atoms with E-state index < -0.39 is 41.6 Å². The van der Waals surface area contributed by atoms with Crippen molar-refractivity contribution in [2.75, 3.05) is 6.61 Å². The normalized spacial score (nSPS) is 25.6. The highest BCUT2D eigenvalue weighted by Crippen LogP contribution is 2.43. The first-order chi connectivity index (χ1) is 12.5. The molecule has 1 aromatic rings. The van der Waals surface area contributed by atoms with Crippen LogP contribution < -0.4 is 15.4 Å². The van der Waals surface area contributed by atoms with E-state index in [0.717, 1.165) is 12.1 Å². The number of alkyl halides is 5. The van der Waals surface area contributed by atoms with Gasteiger partial charge in [-0.15, -0.1) is 0 Å². The van der Waals surface area contributed by atoms with Gasteiger partial charge >= 0.3 is 18.8 Å². The molecule has 0 bridgehead atoms. The summed E-state index contributed by atoms with van der Waals surface area (Å²) in [7, 11) is 0. The second kappa shape index (κ2) is 7.80. The monoisotopic (exact) mass is 414 g/mol. The molecule has 2 rings (SSSR count). The van der Waals surface area contributed by atoms with Crippen LogP contribution in [0, 0.1) is 5.92 Å². The molecule has 6 nitrogen and oxygen atoms in total. The van der Waals surface area contributed by atoms with Crippen LogP contribution in [0.3, 0.4) is 0 Å². The lowest BCUT2D eigenvalue weighted by Crippen LogP contribution is -2.73. The number of esters is 1. The number of nitrogens with one attached hydrogen (secondary N) is 2. The van der Waals surface area contributed by atoms with Crippen molar-refractivity contribution in [2.24, 2.45) is 5.92 Å². The minimum atomic E-state index is -5.27. The van der Waals surface area contributed by atoms with Crippen LogP contribution in [0.25, 0.3) is 0 Å². The summed E-state index contributed by atoms with van der Waals surface area (Å²) in [5, 5.41) is 13.9. The molecule has 150 valence electrons. The first-order valence-corrected chi connectivity index (χ1v) is 7.99. The fraction of sp³-hybridized carbons (Fsp3) is 0.467. The van der Waals surface area contributed by atoms with Crippen molar-refractivity contribution in [1.82, 2.24) is 10.6 Å². The number of benzene rings is 1. The summed E-state index contributed by atoms with van der Waals surface area (Å²) in [5.41, 5.74) is -3.62. The van der Waals surface area contributed by atoms with Crippen LogP contribution >= 0.6 is 12.2 Å². The van der Waals surface area contributed by atoms with E-state index in [-0.39, 0.29) is 17.9 Å². The third kappa shape index (κ3) is 4.38. The van der Waals surface area contributed by atoms with Crippen molar-refractivity contribution in [3.8, 4) is 5.75 Å². The van der Waals surface area contributed by atoms with Crippen molar-refractivity contribution < 1.29 is 41.3 Å². The number of aliphatic hydroxyl groups is 1. The predicted molar refractivity (Wildman–Crippen MR) is 85.8 cm³/mol. The number of hydrogen-bond acceptors (Lipinski definition) is 5. The number of rotatable bonds is 5. The molecule has 1 heterocycles. The lowest BCUT2D eigenvalue weighted by atomic mass is 9.82. The van der Waals surface area contributed by atoms with E-state index in [2.05, 4.69) is 14.8 Å². The second-order valence-corrected chi connectivity index (χ2v) is 5.93. The molecule has 0 spiro atoms. The maximum absolute atomic E-state index is 13.5. The summed E-state index contributed by atoms with van der Waals surface area (Å²) in [5.74, 6) is -3.72. The minimum Gasteiger partial charge on any atom is -0.466 e. The molecule has 0 aliphatic carbocycles. The minimum absolute atomic E-state index is 0.0706. The Morgan fingerprint density at radius 1 is 1.33 bits per heavy atom. The highest BCUT2D eigenvalue weighted by atomic mass is 32.1. The van der Waals surface area contributed by atoms with Crippen molar-refractivity contribution in [3.63, 3.8) is 0 Å². The summed E-state index contributed by atoms with van der Waals surface area (Å²) in [6, 6.07) is 3.08. The quantitative estimate of drug-likeness (QED) is 0.387. The molecule has 0 radical (unpaired) electrons. The number of hydrogen-bond donors (Lipinski definition) is 3. The molecule has 1 aliphatic rings. The summed E-state index contributed by atoms with van der Waals surface area (Å²) >= 11 is 4.73. The molecule has 1 fully saturated rings. The standard InChI is InChI=1S/C15H15F5N2O4S/c1-2-25-11(23)9-10(7-3-5-8(6-4-7)26-12(16)17)21-13(27)22-14(9,24)15(18,19)20/h3-6,9-10,12,24H,2H2,1H3,(H2,21,22,27)/t9-,10+,14-/m0/s1. The Morgan fingerprint density at radius 2 is 1.93 bits per heavy atom. The highest BCUT2D eigenvalue weighted by Gasteiger charge is 2.66. The van der Waals surface area contributed by atoms with Crippen LogP contribution in [0.15, 0.2) is 24.3 Å². The third-order valence-corrected chi connectivity index (χ3v) is 4.03. The molecule has 12 heteroatoms. The Balaban J connectivity index is 2.47. The average molecular weight is 414 g/mol. The Morgan fingerprint density at radius 3 is 2.41 bits per heavy atom. The molecule has 0 aromatic heterocycles. The summed E-state index contributed by atoms with van der Waals surface area (Å²) < 4.78 is 73.9. The highest BCUT2D eigenvalue weighted by molar-refractivity contribution is 7.80. The second-order valence-electron chi connectivity index (χ2n) is 5.52. The number of ether oxygens (including phenoxy) is 2. The summed E-state index contributed by atoms with van der Waals surface area (Å²) in [4.78, 5) is 12.2. The SMILES string of the molecule is CCOC(=O)[C@@H]1[C@@H](c2ccc(OC(F)F)cc2)NC(=S)N[C@@]1(O)C(F)(F)F. The van der Waals surface area contributed by atoms with Gasteiger partial charge < -0.3 is 25.2 Å². The molecule has 0 saturated carbocycles. The Kier molecular flexibility index (Phi) is 6.10. The maximum atomic E-state index is 13.5. The lowest BCUT2D eigenvalue weighted by molar-refractivity contribution is -0.292. The van der Waals surface area contributed by atoms with Crippen molar-refractivity contribution >= 4 is 23.3 Å². The summed E-state index contributed by atoms with van der Waals surface area (Å²) in [6.45, 7) is -1.91. The number of halogens is 5. The van der Waals surface area contributed by atoms with Crippen LogP contribution in [0.5, 0.6) is 5.75 Å². The van der Waals surface area contributed by atoms with Gasteiger partial charge in [0.15, 0.2) is 5.11 Å². The van der Waals surface area contributed by atoms with E-state index in [4.69, 9.17) is 12.2 Å². The van der Waals surface area contributed by atoms with Gasteiger partial charge in [0.1, 0.15) is 11.7 Å². The predicted octanol–water partition coefficient (Wildman–Crippen LogP) is 2.24. The Labute approximate surface area is 155 Å². The maximum Gasteiger partial charge on any atom is 0.437 e. The largest absolute Gasteiger partial charge is 0.466 e. The van der Waals surface area contributed by atoms with Gasteiger partial charge in [0.25, 0.3) is 5.72 Å². The van der Waals surface area contributed by atoms with E-state index >= 15 is 0 Å². The van der Waals surface area contributed by atoms with Gasteiger partial charge in [0.2, 0.25) is 0 Å². The lowest BCUT2D eigenvalue weighted by Gasteiger charge is -2.45. The van der Waals surface area contributed by atoms with Crippen LogP contribution in [0.4, 0.5) is 22.0 Å². The van der Waals surface area contributed by atoms with Crippen LogP contribution in [-0.2, 0) is 9.53 Å². The van der Waals surface area contributed by atoms with Crippen LogP contribution in [-0.4, -0.2) is 41.3 Å². The molecule has 1 aliphatic heterocycles. The molecule has 1 saturated heterocycles. The van der Waals surface area contributed by atoms with E-state index in [1.54, 1.807) is 5.32 Å². The average Bonchev–Trinajstić information content (AvgIpc) is 2.53. The summed E-state index contributed by atoms with van der Waals surface area (Å²) in [6.07, 6.45) is -5.27. The molecule has 27 heavy (non-hydrogen) atoms. The zero-order valence-corrected chi connectivity index (χ0v) is 14.5. The fourth-order valence-electron chi connectivity index (χ4n) is 2.67. The smallest absolute Gasteiger partial charge is 0.437 e.